The Morgan fingerprint density at radius 1 is 1.42 bits per heavy atom. The summed E-state index contributed by atoms with van der Waals surface area (Å²) in [5.74, 6) is -0.247. The summed E-state index contributed by atoms with van der Waals surface area (Å²) in [5.41, 5.74) is 6.35. The highest BCUT2D eigenvalue weighted by atomic mass is 16.5. The number of nitrogens with one attached hydrogen (secondary N) is 1. The molecule has 3 unspecified atom stereocenters. The molecule has 1 rings (SSSR count). The van der Waals surface area contributed by atoms with Crippen molar-refractivity contribution in [3.8, 4) is 0 Å². The topological polar surface area (TPSA) is 118 Å². The molecule has 0 aliphatic carbocycles. The molecule has 0 bridgehead atoms. The molecule has 1 fully saturated rings. The SMILES string of the molecule is N=NN=C1OCC(O)C(O)C1O. The minimum atomic E-state index is -1.41. The molecule has 0 aromatic carbocycles. The number of aliphatic hydroxyl groups is 3. The minimum Gasteiger partial charge on any atom is -0.475 e. The van der Waals surface area contributed by atoms with Crippen LogP contribution in [0.5, 0.6) is 0 Å². The molecule has 0 amide bonds. The molecule has 1 saturated heterocycles. The van der Waals surface area contributed by atoms with Crippen molar-refractivity contribution >= 4 is 5.90 Å². The fourth-order valence-corrected chi connectivity index (χ4v) is 0.849. The van der Waals surface area contributed by atoms with Gasteiger partial charge in [-0.3, -0.25) is 0 Å². The van der Waals surface area contributed by atoms with Crippen LogP contribution in [0.2, 0.25) is 0 Å². The lowest BCUT2D eigenvalue weighted by atomic mass is 10.1. The highest BCUT2D eigenvalue weighted by Gasteiger charge is 2.35. The van der Waals surface area contributed by atoms with E-state index in [2.05, 4.69) is 15.1 Å². The van der Waals surface area contributed by atoms with E-state index in [4.69, 9.17) is 20.9 Å². The van der Waals surface area contributed by atoms with Gasteiger partial charge in [-0.2, -0.15) is 5.53 Å². The van der Waals surface area contributed by atoms with Crippen LogP contribution in [0.15, 0.2) is 10.3 Å². The zero-order valence-electron chi connectivity index (χ0n) is 6.08. The first-order valence-corrected chi connectivity index (χ1v) is 3.28. The molecule has 3 atom stereocenters. The molecule has 1 heterocycles. The number of hydrogen-bond donors (Lipinski definition) is 4. The van der Waals surface area contributed by atoms with Crippen molar-refractivity contribution in [2.24, 2.45) is 10.3 Å². The average molecular weight is 175 g/mol. The molecule has 0 aromatic heterocycles. The number of ether oxygens (including phenoxy) is 1. The maximum Gasteiger partial charge on any atom is 0.242 e. The number of rotatable bonds is 1. The second-order valence-corrected chi connectivity index (χ2v) is 2.35. The summed E-state index contributed by atoms with van der Waals surface area (Å²) in [6.45, 7) is -0.160. The molecule has 4 N–H and O–H groups in total. The molecule has 1 aliphatic heterocycles. The van der Waals surface area contributed by atoms with Gasteiger partial charge in [0.2, 0.25) is 5.90 Å². The molecule has 1 aliphatic rings. The highest BCUT2D eigenvalue weighted by molar-refractivity contribution is 5.81. The number of nitrogens with zero attached hydrogens (tertiary/aromatic N) is 2. The van der Waals surface area contributed by atoms with Crippen molar-refractivity contribution in [3.05, 3.63) is 0 Å². The van der Waals surface area contributed by atoms with Crippen LogP contribution in [0, 0.1) is 5.53 Å². The molecule has 0 saturated carbocycles. The predicted molar refractivity (Wildman–Crippen MR) is 36.6 cm³/mol. The third-order valence-corrected chi connectivity index (χ3v) is 1.52. The first kappa shape index (κ1) is 9.04. The van der Waals surface area contributed by atoms with Crippen molar-refractivity contribution in [2.75, 3.05) is 6.61 Å². The molecule has 0 aromatic rings. The second-order valence-electron chi connectivity index (χ2n) is 2.35. The van der Waals surface area contributed by atoms with Crippen LogP contribution in [0.3, 0.4) is 0 Å². The largest absolute Gasteiger partial charge is 0.475 e. The van der Waals surface area contributed by atoms with Gasteiger partial charge < -0.3 is 20.1 Å². The Morgan fingerprint density at radius 3 is 2.67 bits per heavy atom. The smallest absolute Gasteiger partial charge is 0.242 e. The third-order valence-electron chi connectivity index (χ3n) is 1.52. The van der Waals surface area contributed by atoms with Crippen LogP contribution in [0.4, 0.5) is 0 Å². The molecular weight excluding hydrogens is 166 g/mol. The van der Waals surface area contributed by atoms with Gasteiger partial charge in [-0.05, 0) is 5.22 Å². The standard InChI is InChI=1S/C5H9N3O4/c6-8-7-5-4(11)3(10)2(9)1-12-5/h2-4,6,9-11H,1H2. The summed E-state index contributed by atoms with van der Waals surface area (Å²) in [5, 5.41) is 32.9. The van der Waals surface area contributed by atoms with Crippen LogP contribution in [-0.4, -0.2) is 46.1 Å². The molecule has 0 spiro atoms. The molecule has 0 radical (unpaired) electrons. The van der Waals surface area contributed by atoms with E-state index in [1.165, 1.54) is 0 Å². The molecule has 7 heteroatoms. The fraction of sp³-hybridized carbons (Fsp3) is 0.800. The van der Waals surface area contributed by atoms with Crippen LogP contribution in [0.25, 0.3) is 0 Å². The monoisotopic (exact) mass is 175 g/mol. The van der Waals surface area contributed by atoms with E-state index in [0.29, 0.717) is 0 Å². The number of aliphatic hydroxyl groups excluding tert-OH is 3. The first-order chi connectivity index (χ1) is 5.66. The fourth-order valence-electron chi connectivity index (χ4n) is 0.849. The lowest BCUT2D eigenvalue weighted by Gasteiger charge is -2.28. The summed E-state index contributed by atoms with van der Waals surface area (Å²) in [7, 11) is 0. The van der Waals surface area contributed by atoms with Crippen molar-refractivity contribution in [2.45, 2.75) is 18.3 Å². The summed E-state index contributed by atoms with van der Waals surface area (Å²) < 4.78 is 4.69. The zero-order chi connectivity index (χ0) is 9.14. The Kier molecular flexibility index (Phi) is 2.69. The van der Waals surface area contributed by atoms with E-state index < -0.39 is 18.3 Å². The van der Waals surface area contributed by atoms with E-state index in [9.17, 15) is 0 Å². The summed E-state index contributed by atoms with van der Waals surface area (Å²) >= 11 is 0. The molecule has 68 valence electrons. The van der Waals surface area contributed by atoms with Crippen LogP contribution in [-0.2, 0) is 4.74 Å². The van der Waals surface area contributed by atoms with Crippen molar-refractivity contribution in [1.82, 2.24) is 0 Å². The lowest BCUT2D eigenvalue weighted by Crippen LogP contribution is -2.50. The maximum absolute atomic E-state index is 9.13. The summed E-state index contributed by atoms with van der Waals surface area (Å²) in [6, 6.07) is 0. The Labute approximate surface area is 67.8 Å². The first-order valence-electron chi connectivity index (χ1n) is 3.28. The maximum atomic E-state index is 9.13. The van der Waals surface area contributed by atoms with E-state index in [1.54, 1.807) is 0 Å². The minimum absolute atomic E-state index is 0.160. The van der Waals surface area contributed by atoms with E-state index in [-0.39, 0.29) is 12.5 Å². The van der Waals surface area contributed by atoms with Crippen LogP contribution < -0.4 is 0 Å². The van der Waals surface area contributed by atoms with Gasteiger partial charge >= 0.3 is 0 Å². The van der Waals surface area contributed by atoms with Crippen molar-refractivity contribution in [1.29, 1.82) is 5.53 Å². The van der Waals surface area contributed by atoms with Gasteiger partial charge in [-0.25, -0.2) is 0 Å². The zero-order valence-corrected chi connectivity index (χ0v) is 6.08. The quantitative estimate of drug-likeness (QED) is 0.284. The van der Waals surface area contributed by atoms with Gasteiger partial charge in [0.05, 0.1) is 0 Å². The van der Waals surface area contributed by atoms with Crippen molar-refractivity contribution in [3.63, 3.8) is 0 Å². The van der Waals surface area contributed by atoms with Gasteiger partial charge in [0.1, 0.15) is 18.8 Å². The average Bonchev–Trinajstić information content (AvgIpc) is 2.07. The Hall–Kier alpha value is -1.05. The van der Waals surface area contributed by atoms with Gasteiger partial charge in [0.15, 0.2) is 6.10 Å². The Balaban J connectivity index is 2.71. The molecule has 12 heavy (non-hydrogen) atoms. The molecule has 7 nitrogen and oxygen atoms in total. The lowest BCUT2D eigenvalue weighted by molar-refractivity contribution is -0.0838. The van der Waals surface area contributed by atoms with Gasteiger partial charge in [0.25, 0.3) is 0 Å². The van der Waals surface area contributed by atoms with Gasteiger partial charge in [0, 0.05) is 0 Å². The molecular formula is C5H9N3O4. The van der Waals surface area contributed by atoms with Gasteiger partial charge in [-0.15, -0.1) is 0 Å². The Morgan fingerprint density at radius 2 is 2.08 bits per heavy atom. The summed E-state index contributed by atoms with van der Waals surface area (Å²) in [4.78, 5) is 0. The van der Waals surface area contributed by atoms with Crippen LogP contribution in [0.1, 0.15) is 0 Å². The van der Waals surface area contributed by atoms with E-state index >= 15 is 0 Å². The van der Waals surface area contributed by atoms with E-state index in [1.807, 2.05) is 0 Å². The predicted octanol–water partition coefficient (Wildman–Crippen LogP) is -1.56. The van der Waals surface area contributed by atoms with E-state index in [0.717, 1.165) is 0 Å². The Bertz CT molecular complexity index is 207. The normalized spacial score (nSPS) is 39.2. The highest BCUT2D eigenvalue weighted by Crippen LogP contribution is 2.11. The second kappa shape index (κ2) is 3.57. The van der Waals surface area contributed by atoms with Crippen LogP contribution >= 0.6 is 0 Å². The van der Waals surface area contributed by atoms with Crippen molar-refractivity contribution < 1.29 is 20.1 Å². The van der Waals surface area contributed by atoms with Gasteiger partial charge in [-0.1, -0.05) is 5.10 Å². The number of hydrogen-bond acceptors (Lipinski definition) is 6. The summed E-state index contributed by atoms with van der Waals surface area (Å²) in [6.07, 6.45) is -3.88. The third kappa shape index (κ3) is 1.58.